The zero-order valence-corrected chi connectivity index (χ0v) is 12.3. The maximum atomic E-state index is 10.8. The highest BCUT2D eigenvalue weighted by Gasteiger charge is 2.15. The maximum absolute atomic E-state index is 10.8. The van der Waals surface area contributed by atoms with Crippen molar-refractivity contribution in [3.63, 3.8) is 0 Å². The van der Waals surface area contributed by atoms with Crippen LogP contribution in [0, 0.1) is 10.1 Å². The van der Waals surface area contributed by atoms with Crippen LogP contribution in [0.1, 0.15) is 5.56 Å². The second kappa shape index (κ2) is 6.33. The van der Waals surface area contributed by atoms with E-state index in [-0.39, 0.29) is 12.3 Å². The minimum absolute atomic E-state index is 0.0221. The molecule has 0 aliphatic carbocycles. The fourth-order valence-corrected chi connectivity index (χ4v) is 2.09. The summed E-state index contributed by atoms with van der Waals surface area (Å²) < 4.78 is 5.91. The molecule has 0 unspecified atom stereocenters. The highest BCUT2D eigenvalue weighted by atomic mass is 79.9. The largest absolute Gasteiger partial charge is 0.487 e. The first kappa shape index (κ1) is 14.3. The Morgan fingerprint density at radius 2 is 2.20 bits per heavy atom. The van der Waals surface area contributed by atoms with Gasteiger partial charge in [-0.25, -0.2) is 4.98 Å². The first-order valence-electron chi connectivity index (χ1n) is 5.80. The molecule has 0 fully saturated rings. The van der Waals surface area contributed by atoms with Crippen molar-refractivity contribution in [3.05, 3.63) is 56.7 Å². The van der Waals surface area contributed by atoms with Crippen LogP contribution in [0.5, 0.6) is 5.75 Å². The zero-order valence-electron chi connectivity index (χ0n) is 10.7. The summed E-state index contributed by atoms with van der Waals surface area (Å²) in [5, 5.41) is 13.7. The lowest BCUT2D eigenvalue weighted by molar-refractivity contribution is -0.385. The second-order valence-corrected chi connectivity index (χ2v) is 4.73. The Hall–Kier alpha value is -2.15. The lowest BCUT2D eigenvalue weighted by Gasteiger charge is -2.08. The zero-order chi connectivity index (χ0) is 14.5. The molecule has 0 radical (unpaired) electrons. The summed E-state index contributed by atoms with van der Waals surface area (Å²) in [6.45, 7) is 0.288. The third-order valence-corrected chi connectivity index (χ3v) is 3.41. The molecule has 0 saturated carbocycles. The van der Waals surface area contributed by atoms with Gasteiger partial charge < -0.3 is 10.1 Å². The fraction of sp³-hybridized carbons (Fsp3) is 0.154. The fourth-order valence-electron chi connectivity index (χ4n) is 1.57. The normalized spacial score (nSPS) is 10.1. The van der Waals surface area contributed by atoms with E-state index in [2.05, 4.69) is 26.2 Å². The Morgan fingerprint density at radius 1 is 1.40 bits per heavy atom. The average Bonchev–Trinajstić information content (AvgIpc) is 2.46. The van der Waals surface area contributed by atoms with Crippen molar-refractivity contribution < 1.29 is 9.66 Å². The van der Waals surface area contributed by atoms with E-state index in [0.29, 0.717) is 10.2 Å². The summed E-state index contributed by atoms with van der Waals surface area (Å²) >= 11 is 3.19. The van der Waals surface area contributed by atoms with E-state index in [1.54, 1.807) is 25.4 Å². The molecule has 0 aliphatic heterocycles. The van der Waals surface area contributed by atoms with Gasteiger partial charge in [0.1, 0.15) is 22.6 Å². The predicted octanol–water partition coefficient (Wildman–Crippen LogP) is 3.37. The lowest BCUT2D eigenvalue weighted by atomic mass is 10.3. The van der Waals surface area contributed by atoms with Gasteiger partial charge in [-0.3, -0.25) is 10.1 Å². The molecular formula is C13H12BrN3O3. The van der Waals surface area contributed by atoms with Crippen molar-refractivity contribution in [2.75, 3.05) is 12.4 Å². The summed E-state index contributed by atoms with van der Waals surface area (Å²) in [5.74, 6) is 1.20. The third-order valence-electron chi connectivity index (χ3n) is 2.61. The minimum Gasteiger partial charge on any atom is -0.487 e. The Morgan fingerprint density at radius 3 is 2.80 bits per heavy atom. The molecule has 7 heteroatoms. The van der Waals surface area contributed by atoms with Crippen LogP contribution in [0.15, 0.2) is 41.0 Å². The number of benzene rings is 1. The molecule has 1 heterocycles. The average molecular weight is 338 g/mol. The van der Waals surface area contributed by atoms with Crippen LogP contribution in [-0.4, -0.2) is 17.0 Å². The Balaban J connectivity index is 2.10. The second-order valence-electron chi connectivity index (χ2n) is 3.94. The first-order valence-corrected chi connectivity index (χ1v) is 6.59. The van der Waals surface area contributed by atoms with Crippen molar-refractivity contribution in [3.8, 4) is 5.75 Å². The number of hydrogen-bond acceptors (Lipinski definition) is 5. The number of hydrogen-bond donors (Lipinski definition) is 1. The SMILES string of the molecule is CNc1ccc(COc2cccc([N+](=O)[O-])c2Br)cn1. The van der Waals surface area contributed by atoms with Crippen molar-refractivity contribution >= 4 is 27.4 Å². The molecule has 0 amide bonds. The minimum atomic E-state index is -0.458. The van der Waals surface area contributed by atoms with Crippen LogP contribution in [0.25, 0.3) is 0 Å². The molecule has 2 aromatic rings. The van der Waals surface area contributed by atoms with Crippen LogP contribution >= 0.6 is 15.9 Å². The standard InChI is InChI=1S/C13H12BrN3O3/c1-15-12-6-5-9(7-16-12)8-20-11-4-2-3-10(13(11)14)17(18)19/h2-7H,8H2,1H3,(H,15,16). The van der Waals surface area contributed by atoms with Gasteiger partial charge in [-0.15, -0.1) is 0 Å². The van der Waals surface area contributed by atoms with Gasteiger partial charge in [-0.05, 0) is 28.1 Å². The molecule has 1 aromatic heterocycles. The number of ether oxygens (including phenoxy) is 1. The molecule has 0 atom stereocenters. The Kier molecular flexibility index (Phi) is 4.52. The summed E-state index contributed by atoms with van der Waals surface area (Å²) in [6.07, 6.45) is 1.69. The Labute approximate surface area is 124 Å². The molecule has 0 spiro atoms. The lowest BCUT2D eigenvalue weighted by Crippen LogP contribution is -1.99. The van der Waals surface area contributed by atoms with E-state index in [9.17, 15) is 10.1 Å². The number of nitrogens with zero attached hydrogens (tertiary/aromatic N) is 2. The number of aromatic nitrogens is 1. The summed E-state index contributed by atoms with van der Waals surface area (Å²) in [6, 6.07) is 8.39. The summed E-state index contributed by atoms with van der Waals surface area (Å²) in [5.41, 5.74) is 0.855. The van der Waals surface area contributed by atoms with Gasteiger partial charge in [0.15, 0.2) is 0 Å². The highest BCUT2D eigenvalue weighted by Crippen LogP contribution is 2.34. The molecule has 20 heavy (non-hydrogen) atoms. The van der Waals surface area contributed by atoms with E-state index in [4.69, 9.17) is 4.74 Å². The van der Waals surface area contributed by atoms with Gasteiger partial charge in [0.25, 0.3) is 5.69 Å². The molecule has 2 rings (SSSR count). The number of nitrogens with one attached hydrogen (secondary N) is 1. The third kappa shape index (κ3) is 3.24. The van der Waals surface area contributed by atoms with Crippen LogP contribution < -0.4 is 10.1 Å². The molecule has 6 nitrogen and oxygen atoms in total. The quantitative estimate of drug-likeness (QED) is 0.668. The van der Waals surface area contributed by atoms with Gasteiger partial charge in [-0.1, -0.05) is 12.1 Å². The van der Waals surface area contributed by atoms with Crippen LogP contribution in [0.3, 0.4) is 0 Å². The number of nitro groups is 1. The smallest absolute Gasteiger partial charge is 0.287 e. The molecule has 1 N–H and O–H groups in total. The van der Waals surface area contributed by atoms with Gasteiger partial charge in [-0.2, -0.15) is 0 Å². The number of nitro benzene ring substituents is 1. The van der Waals surface area contributed by atoms with E-state index in [1.807, 2.05) is 12.1 Å². The van der Waals surface area contributed by atoms with Crippen molar-refractivity contribution in [1.82, 2.24) is 4.98 Å². The van der Waals surface area contributed by atoms with E-state index in [1.165, 1.54) is 6.07 Å². The van der Waals surface area contributed by atoms with Crippen LogP contribution in [0.2, 0.25) is 0 Å². The van der Waals surface area contributed by atoms with Crippen molar-refractivity contribution in [2.24, 2.45) is 0 Å². The van der Waals surface area contributed by atoms with Crippen molar-refractivity contribution in [2.45, 2.75) is 6.61 Å². The van der Waals surface area contributed by atoms with Gasteiger partial charge in [0.2, 0.25) is 0 Å². The van der Waals surface area contributed by atoms with Crippen LogP contribution in [0.4, 0.5) is 11.5 Å². The monoisotopic (exact) mass is 337 g/mol. The Bertz CT molecular complexity index is 617. The molecule has 0 saturated heterocycles. The van der Waals surface area contributed by atoms with Crippen molar-refractivity contribution in [1.29, 1.82) is 0 Å². The topological polar surface area (TPSA) is 77.3 Å². The molecule has 0 bridgehead atoms. The van der Waals surface area contributed by atoms with E-state index in [0.717, 1.165) is 11.4 Å². The van der Waals surface area contributed by atoms with Gasteiger partial charge >= 0.3 is 0 Å². The van der Waals surface area contributed by atoms with Gasteiger partial charge in [0, 0.05) is 24.9 Å². The number of rotatable bonds is 5. The first-order chi connectivity index (χ1) is 9.61. The van der Waals surface area contributed by atoms with Gasteiger partial charge in [0.05, 0.1) is 4.92 Å². The number of pyridine rings is 1. The highest BCUT2D eigenvalue weighted by molar-refractivity contribution is 9.10. The van der Waals surface area contributed by atoms with E-state index >= 15 is 0 Å². The number of anilines is 1. The van der Waals surface area contributed by atoms with E-state index < -0.39 is 4.92 Å². The summed E-state index contributed by atoms with van der Waals surface area (Å²) in [4.78, 5) is 14.5. The molecule has 104 valence electrons. The molecular weight excluding hydrogens is 326 g/mol. The molecule has 1 aromatic carbocycles. The molecule has 0 aliphatic rings. The van der Waals surface area contributed by atoms with Crippen LogP contribution in [-0.2, 0) is 6.61 Å². The predicted molar refractivity (Wildman–Crippen MR) is 78.9 cm³/mol. The summed E-state index contributed by atoms with van der Waals surface area (Å²) in [7, 11) is 1.79. The maximum Gasteiger partial charge on any atom is 0.287 e. The number of halogens is 1.